The van der Waals surface area contributed by atoms with E-state index in [4.69, 9.17) is 4.74 Å². The fraction of sp³-hybridized carbons (Fsp3) is 0.647. The number of nitrogens with one attached hydrogen (secondary N) is 1. The molecule has 0 aromatic heterocycles. The first kappa shape index (κ1) is 17.2. The van der Waals surface area contributed by atoms with Gasteiger partial charge in [-0.25, -0.2) is 0 Å². The zero-order valence-corrected chi connectivity index (χ0v) is 13.9. The highest BCUT2D eigenvalue weighted by atomic mass is 16.5. The number of morpholine rings is 1. The average Bonchev–Trinajstić information content (AvgIpc) is 2.45. The summed E-state index contributed by atoms with van der Waals surface area (Å²) in [6, 6.07) is 3.78. The number of aromatic hydroxyl groups is 1. The third-order valence-electron chi connectivity index (χ3n) is 4.18. The van der Waals surface area contributed by atoms with Crippen LogP contribution in [-0.4, -0.2) is 60.1 Å². The van der Waals surface area contributed by atoms with Crippen LogP contribution in [0.4, 0.5) is 0 Å². The molecule has 1 aromatic rings. The van der Waals surface area contributed by atoms with Crippen LogP contribution in [0.1, 0.15) is 23.6 Å². The summed E-state index contributed by atoms with van der Waals surface area (Å²) in [6.45, 7) is 10.7. The summed E-state index contributed by atoms with van der Waals surface area (Å²) in [6.07, 6.45) is 0. The van der Waals surface area contributed by atoms with Crippen molar-refractivity contribution < 1.29 is 14.9 Å². The number of rotatable bonds is 6. The van der Waals surface area contributed by atoms with Crippen LogP contribution >= 0.6 is 0 Å². The molecule has 1 aromatic carbocycles. The van der Waals surface area contributed by atoms with Gasteiger partial charge in [0.25, 0.3) is 0 Å². The van der Waals surface area contributed by atoms with Crippen LogP contribution in [0.5, 0.6) is 5.75 Å². The standard InChI is InChI=1S/C17H28N2O3/c1-13-8-15(16(20)9-14(13)2)10-18-11-17(3,21)12-19-4-6-22-7-5-19/h8-9,18,20-21H,4-7,10-12H2,1-3H3. The number of aliphatic hydroxyl groups is 1. The first-order valence-corrected chi connectivity index (χ1v) is 7.90. The fourth-order valence-corrected chi connectivity index (χ4v) is 2.77. The topological polar surface area (TPSA) is 65.0 Å². The van der Waals surface area contributed by atoms with E-state index in [0.717, 1.165) is 43.0 Å². The molecular formula is C17H28N2O3. The smallest absolute Gasteiger partial charge is 0.120 e. The molecule has 1 aliphatic heterocycles. The molecule has 0 spiro atoms. The lowest BCUT2D eigenvalue weighted by Crippen LogP contribution is -2.50. The number of phenols is 1. The van der Waals surface area contributed by atoms with E-state index in [-0.39, 0.29) is 0 Å². The Morgan fingerprint density at radius 2 is 1.86 bits per heavy atom. The van der Waals surface area contributed by atoms with Crippen LogP contribution in [-0.2, 0) is 11.3 Å². The SMILES string of the molecule is Cc1cc(O)c(CNCC(C)(O)CN2CCOCC2)cc1C. The first-order valence-electron chi connectivity index (χ1n) is 7.90. The Morgan fingerprint density at radius 1 is 1.23 bits per heavy atom. The van der Waals surface area contributed by atoms with Crippen molar-refractivity contribution >= 4 is 0 Å². The fourth-order valence-electron chi connectivity index (χ4n) is 2.77. The molecule has 1 aliphatic rings. The first-order chi connectivity index (χ1) is 10.4. The van der Waals surface area contributed by atoms with Crippen molar-refractivity contribution in [3.05, 3.63) is 28.8 Å². The number of benzene rings is 1. The molecule has 0 saturated carbocycles. The Labute approximate surface area is 132 Å². The van der Waals surface area contributed by atoms with Crippen LogP contribution in [0.15, 0.2) is 12.1 Å². The lowest BCUT2D eigenvalue weighted by molar-refractivity contribution is -0.0219. The van der Waals surface area contributed by atoms with Gasteiger partial charge in [-0.05, 0) is 38.0 Å². The Hall–Kier alpha value is -1.14. The van der Waals surface area contributed by atoms with Gasteiger partial charge in [-0.15, -0.1) is 0 Å². The Balaban J connectivity index is 1.83. The van der Waals surface area contributed by atoms with Crippen LogP contribution in [0.3, 0.4) is 0 Å². The molecule has 2 rings (SSSR count). The van der Waals surface area contributed by atoms with Gasteiger partial charge >= 0.3 is 0 Å². The summed E-state index contributed by atoms with van der Waals surface area (Å²) in [7, 11) is 0. The van der Waals surface area contributed by atoms with Crippen LogP contribution < -0.4 is 5.32 Å². The van der Waals surface area contributed by atoms with Crippen LogP contribution in [0, 0.1) is 13.8 Å². The molecule has 0 bridgehead atoms. The van der Waals surface area contributed by atoms with E-state index in [0.29, 0.717) is 25.4 Å². The summed E-state index contributed by atoms with van der Waals surface area (Å²) < 4.78 is 5.32. The summed E-state index contributed by atoms with van der Waals surface area (Å²) in [5, 5.41) is 23.7. The quantitative estimate of drug-likeness (QED) is 0.736. The van der Waals surface area contributed by atoms with Crippen molar-refractivity contribution in [2.75, 3.05) is 39.4 Å². The lowest BCUT2D eigenvalue weighted by atomic mass is 10.0. The van der Waals surface area contributed by atoms with Gasteiger partial charge in [0.15, 0.2) is 0 Å². The van der Waals surface area contributed by atoms with Crippen molar-refractivity contribution in [3.8, 4) is 5.75 Å². The van der Waals surface area contributed by atoms with Crippen molar-refractivity contribution in [2.45, 2.75) is 32.9 Å². The Morgan fingerprint density at radius 3 is 2.55 bits per heavy atom. The molecule has 0 amide bonds. The van der Waals surface area contributed by atoms with Gasteiger partial charge in [0.2, 0.25) is 0 Å². The van der Waals surface area contributed by atoms with Gasteiger partial charge < -0.3 is 20.3 Å². The second-order valence-electron chi connectivity index (χ2n) is 6.55. The highest BCUT2D eigenvalue weighted by Gasteiger charge is 2.24. The minimum atomic E-state index is -0.799. The highest BCUT2D eigenvalue weighted by Crippen LogP contribution is 2.21. The van der Waals surface area contributed by atoms with Gasteiger partial charge in [0, 0.05) is 38.3 Å². The summed E-state index contributed by atoms with van der Waals surface area (Å²) in [5.74, 6) is 0.309. The summed E-state index contributed by atoms with van der Waals surface area (Å²) in [5.41, 5.74) is 2.31. The van der Waals surface area contributed by atoms with E-state index in [9.17, 15) is 10.2 Å². The van der Waals surface area contributed by atoms with Crippen molar-refractivity contribution in [2.24, 2.45) is 0 Å². The van der Waals surface area contributed by atoms with Gasteiger partial charge in [0.1, 0.15) is 5.75 Å². The maximum absolute atomic E-state index is 10.5. The molecule has 1 atom stereocenters. The minimum Gasteiger partial charge on any atom is -0.508 e. The molecular weight excluding hydrogens is 280 g/mol. The zero-order valence-electron chi connectivity index (χ0n) is 13.9. The van der Waals surface area contributed by atoms with E-state index in [1.807, 2.05) is 26.8 Å². The van der Waals surface area contributed by atoms with Crippen LogP contribution in [0.2, 0.25) is 0 Å². The van der Waals surface area contributed by atoms with Crippen molar-refractivity contribution in [3.63, 3.8) is 0 Å². The average molecular weight is 308 g/mol. The highest BCUT2D eigenvalue weighted by molar-refractivity contribution is 5.40. The van der Waals surface area contributed by atoms with E-state index < -0.39 is 5.60 Å². The Kier molecular flexibility index (Phi) is 5.81. The molecule has 5 heteroatoms. The van der Waals surface area contributed by atoms with Gasteiger partial charge in [-0.2, -0.15) is 0 Å². The number of nitrogens with zero attached hydrogens (tertiary/aromatic N) is 1. The molecule has 1 fully saturated rings. The lowest BCUT2D eigenvalue weighted by Gasteiger charge is -2.34. The maximum atomic E-state index is 10.5. The maximum Gasteiger partial charge on any atom is 0.120 e. The number of hydrogen-bond donors (Lipinski definition) is 3. The predicted octanol–water partition coefficient (Wildman–Crippen LogP) is 1.18. The molecule has 0 aliphatic carbocycles. The second kappa shape index (κ2) is 7.42. The molecule has 0 radical (unpaired) electrons. The van der Waals surface area contributed by atoms with Gasteiger partial charge in [0.05, 0.1) is 18.8 Å². The molecule has 1 saturated heterocycles. The molecule has 1 unspecified atom stereocenters. The number of phenolic OH excluding ortho intramolecular Hbond substituents is 1. The largest absolute Gasteiger partial charge is 0.508 e. The monoisotopic (exact) mass is 308 g/mol. The third kappa shape index (κ3) is 4.95. The van der Waals surface area contributed by atoms with Gasteiger partial charge in [-0.3, -0.25) is 4.90 Å². The molecule has 124 valence electrons. The third-order valence-corrected chi connectivity index (χ3v) is 4.18. The normalized spacial score (nSPS) is 19.1. The Bertz CT molecular complexity index is 497. The summed E-state index contributed by atoms with van der Waals surface area (Å²) >= 11 is 0. The molecule has 22 heavy (non-hydrogen) atoms. The van der Waals surface area contributed by atoms with Gasteiger partial charge in [-0.1, -0.05) is 6.07 Å². The number of hydrogen-bond acceptors (Lipinski definition) is 5. The van der Waals surface area contributed by atoms with Crippen molar-refractivity contribution in [1.29, 1.82) is 0 Å². The molecule has 3 N–H and O–H groups in total. The van der Waals surface area contributed by atoms with E-state index >= 15 is 0 Å². The number of ether oxygens (including phenoxy) is 1. The minimum absolute atomic E-state index is 0.309. The summed E-state index contributed by atoms with van der Waals surface area (Å²) in [4.78, 5) is 2.22. The van der Waals surface area contributed by atoms with E-state index in [2.05, 4.69) is 10.2 Å². The van der Waals surface area contributed by atoms with Crippen LogP contribution in [0.25, 0.3) is 0 Å². The number of β-amino-alcohol motifs (C(OH)–C–C–N with tert-alkyl or cyclic N) is 1. The number of aryl methyl sites for hydroxylation is 2. The predicted molar refractivity (Wildman–Crippen MR) is 87.2 cm³/mol. The second-order valence-corrected chi connectivity index (χ2v) is 6.55. The van der Waals surface area contributed by atoms with E-state index in [1.165, 1.54) is 0 Å². The van der Waals surface area contributed by atoms with E-state index in [1.54, 1.807) is 6.07 Å². The zero-order chi connectivity index (χ0) is 16.2. The van der Waals surface area contributed by atoms with Crippen molar-refractivity contribution in [1.82, 2.24) is 10.2 Å². The molecule has 1 heterocycles. The molecule has 5 nitrogen and oxygen atoms in total.